The summed E-state index contributed by atoms with van der Waals surface area (Å²) in [6, 6.07) is 29.5. The van der Waals surface area contributed by atoms with Crippen molar-refractivity contribution < 1.29 is 9.53 Å². The number of aliphatic imine (C=N–C) groups is 2. The third kappa shape index (κ3) is 4.31. The molecule has 9 heteroatoms. The molecule has 0 spiro atoms. The SMILES string of the molecule is CCOC(=O)c1ccc(NC2=Nc3ccccc3N3C2=Nc2c(c(C)nn2-c2ccccc2)[C@H]3c2cccs2)cc1. The number of amidine groups is 2. The number of carbonyl (C=O) groups is 1. The highest BCUT2D eigenvalue weighted by Gasteiger charge is 2.41. The molecule has 0 bridgehead atoms. The molecule has 0 amide bonds. The van der Waals surface area contributed by atoms with Crippen LogP contribution in [0.1, 0.15) is 39.5 Å². The lowest BCUT2D eigenvalue weighted by molar-refractivity contribution is 0.0526. The van der Waals surface area contributed by atoms with Crippen LogP contribution in [0.2, 0.25) is 0 Å². The summed E-state index contributed by atoms with van der Waals surface area (Å²) in [6.07, 6.45) is 0. The Bertz CT molecular complexity index is 1810. The van der Waals surface area contributed by atoms with Crippen molar-refractivity contribution in [2.75, 3.05) is 16.8 Å². The van der Waals surface area contributed by atoms with Crippen LogP contribution in [0.25, 0.3) is 5.69 Å². The number of para-hydroxylation sites is 3. The van der Waals surface area contributed by atoms with Crippen LogP contribution in [0, 0.1) is 6.92 Å². The van der Waals surface area contributed by atoms with Crippen molar-refractivity contribution in [1.82, 2.24) is 9.78 Å². The minimum Gasteiger partial charge on any atom is -0.462 e. The van der Waals surface area contributed by atoms with E-state index < -0.39 is 0 Å². The zero-order valence-corrected chi connectivity index (χ0v) is 23.3. The number of carbonyl (C=O) groups excluding carboxylic acids is 1. The van der Waals surface area contributed by atoms with E-state index >= 15 is 0 Å². The lowest BCUT2D eigenvalue weighted by Gasteiger charge is -2.40. The second-order valence-corrected chi connectivity index (χ2v) is 10.6. The van der Waals surface area contributed by atoms with Gasteiger partial charge < -0.3 is 15.0 Å². The van der Waals surface area contributed by atoms with Crippen molar-refractivity contribution in [2.45, 2.75) is 19.9 Å². The number of nitrogens with one attached hydrogen (secondary N) is 1. The van der Waals surface area contributed by atoms with Crippen LogP contribution in [0.15, 0.2) is 106 Å². The molecule has 8 nitrogen and oxygen atoms in total. The summed E-state index contributed by atoms with van der Waals surface area (Å²) in [5.74, 6) is 1.74. The third-order valence-electron chi connectivity index (χ3n) is 7.11. The van der Waals surface area contributed by atoms with E-state index in [9.17, 15) is 4.79 Å². The van der Waals surface area contributed by atoms with Crippen molar-refractivity contribution in [3.8, 4) is 5.69 Å². The molecule has 0 unspecified atom stereocenters. The number of fused-ring (bicyclic) bond motifs is 4. The molecule has 2 aliphatic rings. The van der Waals surface area contributed by atoms with Crippen LogP contribution in [-0.4, -0.2) is 34.0 Å². The van der Waals surface area contributed by atoms with Gasteiger partial charge in [-0.05, 0) is 73.8 Å². The average molecular weight is 559 g/mol. The Morgan fingerprint density at radius 3 is 2.49 bits per heavy atom. The predicted molar refractivity (Wildman–Crippen MR) is 164 cm³/mol. The van der Waals surface area contributed by atoms with Crippen LogP contribution < -0.4 is 10.2 Å². The number of esters is 1. The molecule has 41 heavy (non-hydrogen) atoms. The minimum atomic E-state index is -0.346. The molecule has 2 aromatic heterocycles. The summed E-state index contributed by atoms with van der Waals surface area (Å²) in [4.78, 5) is 25.9. The summed E-state index contributed by atoms with van der Waals surface area (Å²) >= 11 is 1.71. The van der Waals surface area contributed by atoms with Gasteiger partial charge in [-0.3, -0.25) is 0 Å². The summed E-state index contributed by atoms with van der Waals surface area (Å²) in [6.45, 7) is 4.17. The maximum atomic E-state index is 12.2. The van der Waals surface area contributed by atoms with Gasteiger partial charge in [-0.2, -0.15) is 5.10 Å². The molecule has 0 fully saturated rings. The molecular weight excluding hydrogens is 532 g/mol. The predicted octanol–water partition coefficient (Wildman–Crippen LogP) is 7.21. The summed E-state index contributed by atoms with van der Waals surface area (Å²) < 4.78 is 7.06. The number of nitrogens with zero attached hydrogens (tertiary/aromatic N) is 5. The molecule has 0 aliphatic carbocycles. The molecular formula is C32H26N6O2S. The van der Waals surface area contributed by atoms with E-state index in [0.717, 1.165) is 39.8 Å². The lowest BCUT2D eigenvalue weighted by atomic mass is 9.98. The van der Waals surface area contributed by atoms with Gasteiger partial charge in [0.05, 0.1) is 34.9 Å². The molecule has 1 N–H and O–H groups in total. The molecule has 2 aliphatic heterocycles. The van der Waals surface area contributed by atoms with Gasteiger partial charge in [0, 0.05) is 16.1 Å². The van der Waals surface area contributed by atoms with E-state index in [1.54, 1.807) is 30.4 Å². The fourth-order valence-corrected chi connectivity index (χ4v) is 6.13. The average Bonchev–Trinajstić information content (AvgIpc) is 3.66. The molecule has 0 saturated heterocycles. The first-order valence-electron chi connectivity index (χ1n) is 13.4. The largest absolute Gasteiger partial charge is 0.462 e. The van der Waals surface area contributed by atoms with E-state index in [-0.39, 0.29) is 12.0 Å². The first kappa shape index (κ1) is 25.0. The first-order valence-corrected chi connectivity index (χ1v) is 14.3. The number of rotatable bonds is 5. The summed E-state index contributed by atoms with van der Waals surface area (Å²) in [5.41, 5.74) is 6.03. The molecule has 5 aromatic rings. The Morgan fingerprint density at radius 1 is 0.951 bits per heavy atom. The van der Waals surface area contributed by atoms with E-state index in [0.29, 0.717) is 23.8 Å². The fraction of sp³-hybridized carbons (Fsp3) is 0.125. The number of aromatic nitrogens is 2. The Balaban J connectivity index is 1.40. The summed E-state index contributed by atoms with van der Waals surface area (Å²) in [5, 5.41) is 10.6. The molecule has 3 aromatic carbocycles. The second kappa shape index (κ2) is 10.2. The van der Waals surface area contributed by atoms with Gasteiger partial charge in [-0.15, -0.1) is 11.3 Å². The van der Waals surface area contributed by atoms with Crippen LogP contribution >= 0.6 is 11.3 Å². The van der Waals surface area contributed by atoms with Crippen molar-refractivity contribution in [1.29, 1.82) is 0 Å². The van der Waals surface area contributed by atoms with E-state index in [1.807, 2.05) is 72.3 Å². The normalized spacial score (nSPS) is 15.3. The Labute approximate surface area is 241 Å². The number of thiophene rings is 1. The van der Waals surface area contributed by atoms with Crippen LogP contribution in [-0.2, 0) is 4.74 Å². The summed E-state index contributed by atoms with van der Waals surface area (Å²) in [7, 11) is 0. The number of anilines is 2. The van der Waals surface area contributed by atoms with Gasteiger partial charge in [-0.1, -0.05) is 36.4 Å². The minimum absolute atomic E-state index is 0.144. The molecule has 1 atom stereocenters. The van der Waals surface area contributed by atoms with Crippen molar-refractivity contribution in [3.63, 3.8) is 0 Å². The number of hydrogen-bond acceptors (Lipinski definition) is 8. The smallest absolute Gasteiger partial charge is 0.338 e. The van der Waals surface area contributed by atoms with Gasteiger partial charge in [0.15, 0.2) is 17.5 Å². The Morgan fingerprint density at radius 2 is 1.73 bits per heavy atom. The van der Waals surface area contributed by atoms with Gasteiger partial charge in [0.1, 0.15) is 6.04 Å². The van der Waals surface area contributed by atoms with Gasteiger partial charge >= 0.3 is 5.97 Å². The second-order valence-electron chi connectivity index (χ2n) is 9.67. The quantitative estimate of drug-likeness (QED) is 0.230. The van der Waals surface area contributed by atoms with E-state index in [4.69, 9.17) is 19.8 Å². The van der Waals surface area contributed by atoms with Crippen molar-refractivity contribution in [2.24, 2.45) is 9.98 Å². The highest BCUT2D eigenvalue weighted by Crippen LogP contribution is 2.49. The zero-order valence-electron chi connectivity index (χ0n) is 22.5. The molecule has 0 saturated carbocycles. The van der Waals surface area contributed by atoms with Gasteiger partial charge in [-0.25, -0.2) is 19.5 Å². The van der Waals surface area contributed by atoms with Gasteiger partial charge in [0.25, 0.3) is 0 Å². The number of aryl methyl sites for hydroxylation is 1. The molecule has 4 heterocycles. The number of benzene rings is 3. The maximum absolute atomic E-state index is 12.2. The lowest BCUT2D eigenvalue weighted by Crippen LogP contribution is -2.46. The van der Waals surface area contributed by atoms with Crippen molar-refractivity contribution in [3.05, 3.63) is 118 Å². The van der Waals surface area contributed by atoms with Gasteiger partial charge in [0.2, 0.25) is 0 Å². The fourth-order valence-electron chi connectivity index (χ4n) is 5.30. The van der Waals surface area contributed by atoms with Crippen LogP contribution in [0.5, 0.6) is 0 Å². The number of ether oxygens (including phenoxy) is 1. The van der Waals surface area contributed by atoms with E-state index in [1.165, 1.54) is 4.88 Å². The standard InChI is InChI=1S/C32H26N6O2S/c1-3-40-32(39)21-15-17-22(18-16-21)33-29-31-35-30-27(20(2)36-38(30)23-10-5-4-6-11-23)28(26-14-9-19-41-26)37(31)25-13-8-7-12-24(25)34-29/h4-19,28H,3H2,1-2H3,(H,33,34)/t28-/m1/s1. The van der Waals surface area contributed by atoms with Crippen LogP contribution in [0.3, 0.4) is 0 Å². The third-order valence-corrected chi connectivity index (χ3v) is 8.04. The Kier molecular flexibility index (Phi) is 6.20. The monoisotopic (exact) mass is 558 g/mol. The highest BCUT2D eigenvalue weighted by molar-refractivity contribution is 7.10. The van der Waals surface area contributed by atoms with Crippen molar-refractivity contribution >= 4 is 51.9 Å². The Hall–Kier alpha value is -5.02. The molecule has 202 valence electrons. The number of hydrogen-bond donors (Lipinski definition) is 1. The first-order chi connectivity index (χ1) is 20.1. The maximum Gasteiger partial charge on any atom is 0.338 e. The van der Waals surface area contributed by atoms with Crippen LogP contribution in [0.4, 0.5) is 22.9 Å². The van der Waals surface area contributed by atoms with E-state index in [2.05, 4.69) is 33.8 Å². The highest BCUT2D eigenvalue weighted by atomic mass is 32.1. The zero-order chi connectivity index (χ0) is 27.9. The molecule has 0 radical (unpaired) electrons. The molecule has 7 rings (SSSR count). The topological polar surface area (TPSA) is 84.1 Å².